The van der Waals surface area contributed by atoms with Crippen molar-refractivity contribution in [1.29, 1.82) is 5.26 Å². The number of nitrogens with zero attached hydrogens (tertiary/aromatic N) is 4. The van der Waals surface area contributed by atoms with E-state index in [2.05, 4.69) is 15.3 Å². The van der Waals surface area contributed by atoms with Crippen molar-refractivity contribution < 1.29 is 27.8 Å². The van der Waals surface area contributed by atoms with Gasteiger partial charge in [0, 0.05) is 42.9 Å². The molecule has 9 nitrogen and oxygen atoms in total. The van der Waals surface area contributed by atoms with Crippen LogP contribution in [-0.2, 0) is 11.3 Å². The molecule has 46 heavy (non-hydrogen) atoms. The number of anilines is 2. The highest BCUT2D eigenvalue weighted by atomic mass is 35.5. The molecule has 13 heteroatoms. The lowest BCUT2D eigenvalue weighted by molar-refractivity contribution is 0.0164. The quantitative estimate of drug-likeness (QED) is 0.186. The molecule has 1 saturated heterocycles. The third kappa shape index (κ3) is 8.05. The lowest BCUT2D eigenvalue weighted by Gasteiger charge is -2.33. The molecule has 0 spiro atoms. The van der Waals surface area contributed by atoms with Crippen LogP contribution in [0.4, 0.5) is 25.0 Å². The van der Waals surface area contributed by atoms with Crippen molar-refractivity contribution in [2.24, 2.45) is 5.92 Å². The molecule has 2 aromatic carbocycles. The van der Waals surface area contributed by atoms with Crippen LogP contribution in [0.3, 0.4) is 0 Å². The summed E-state index contributed by atoms with van der Waals surface area (Å²) < 4.78 is 47.2. The zero-order valence-electron chi connectivity index (χ0n) is 25.4. The minimum absolute atomic E-state index is 0.00463. The molecular weight excluding hydrogens is 639 g/mol. The van der Waals surface area contributed by atoms with Gasteiger partial charge in [-0.15, -0.1) is 0 Å². The first-order chi connectivity index (χ1) is 21.9. The lowest BCUT2D eigenvalue weighted by Crippen LogP contribution is -2.42. The van der Waals surface area contributed by atoms with Crippen molar-refractivity contribution in [1.82, 2.24) is 14.9 Å². The van der Waals surface area contributed by atoms with Gasteiger partial charge in [-0.05, 0) is 57.7 Å². The predicted molar refractivity (Wildman–Crippen MR) is 171 cm³/mol. The van der Waals surface area contributed by atoms with Crippen molar-refractivity contribution in [3.05, 3.63) is 81.7 Å². The highest BCUT2D eigenvalue weighted by molar-refractivity contribution is 6.33. The minimum atomic E-state index is -0.718. The molecule has 3 heterocycles. The number of hydrogen-bond acceptors (Lipinski definition) is 8. The third-order valence-electron chi connectivity index (χ3n) is 7.21. The Labute approximate surface area is 275 Å². The number of nitriles is 1. The largest absolute Gasteiger partial charge is 0.490 e. The van der Waals surface area contributed by atoms with Gasteiger partial charge in [0.1, 0.15) is 23.4 Å². The molecule has 0 radical (unpaired) electrons. The van der Waals surface area contributed by atoms with E-state index in [1.165, 1.54) is 24.4 Å². The zero-order valence-corrected chi connectivity index (χ0v) is 26.9. The molecule has 1 N–H and O–H groups in total. The van der Waals surface area contributed by atoms with Gasteiger partial charge in [0.15, 0.2) is 23.1 Å². The second kappa shape index (κ2) is 13.9. The summed E-state index contributed by atoms with van der Waals surface area (Å²) in [4.78, 5) is 22.4. The zero-order chi connectivity index (χ0) is 33.0. The van der Waals surface area contributed by atoms with Crippen LogP contribution in [0, 0.1) is 28.9 Å². The number of piperidine rings is 1. The molecular formula is C33H31Cl2F2N5O4. The average molecular weight is 671 g/mol. The summed E-state index contributed by atoms with van der Waals surface area (Å²) in [5, 5.41) is 13.4. The van der Waals surface area contributed by atoms with Crippen molar-refractivity contribution in [2.75, 3.05) is 25.0 Å². The van der Waals surface area contributed by atoms with E-state index in [0.717, 1.165) is 6.07 Å². The number of hydrogen-bond donors (Lipinski definition) is 1. The third-order valence-corrected chi connectivity index (χ3v) is 7.74. The van der Waals surface area contributed by atoms with Gasteiger partial charge in [0.2, 0.25) is 0 Å². The van der Waals surface area contributed by atoms with E-state index in [-0.39, 0.29) is 69.2 Å². The van der Waals surface area contributed by atoms with Crippen LogP contribution in [0.25, 0.3) is 10.9 Å². The van der Waals surface area contributed by atoms with E-state index >= 15 is 8.78 Å². The van der Waals surface area contributed by atoms with Crippen LogP contribution in [0.5, 0.6) is 11.5 Å². The highest BCUT2D eigenvalue weighted by Crippen LogP contribution is 2.37. The summed E-state index contributed by atoms with van der Waals surface area (Å²) in [5.74, 6) is -1.37. The number of likely N-dealkylation sites (tertiary alicyclic amines) is 1. The maximum absolute atomic E-state index is 15.4. The first-order valence-corrected chi connectivity index (χ1v) is 15.3. The molecule has 0 atom stereocenters. The van der Waals surface area contributed by atoms with Crippen molar-refractivity contribution in [3.8, 4) is 17.6 Å². The normalized spacial score (nSPS) is 13.7. The second-order valence-corrected chi connectivity index (χ2v) is 12.6. The maximum Gasteiger partial charge on any atom is 0.410 e. The Hall–Kier alpha value is -4.40. The van der Waals surface area contributed by atoms with Crippen LogP contribution in [0.1, 0.15) is 44.9 Å². The van der Waals surface area contributed by atoms with Gasteiger partial charge >= 0.3 is 6.09 Å². The number of ether oxygens (including phenoxy) is 3. The first-order valence-electron chi connectivity index (χ1n) is 14.5. The van der Waals surface area contributed by atoms with Crippen molar-refractivity contribution in [2.45, 2.75) is 45.8 Å². The molecule has 4 aromatic rings. The standard InChI is InChI=1S/C33H31Cl2F2N5O4/c1-33(2,3)46-32(43)42-9-7-19(8-10-42)17-44-29-14-26-22(11-24(29)36)31(20(15-38)16-39-26)41-27-13-25(37)28(12-23(27)34)45-18-21-5-4-6-30(35)40-21/h4-6,11-14,16,19H,7-10,17-18H2,1-3H3,(H,39,41). The first kappa shape index (κ1) is 33.0. The van der Waals surface area contributed by atoms with E-state index < -0.39 is 17.2 Å². The van der Waals surface area contributed by atoms with Gasteiger partial charge in [-0.3, -0.25) is 4.98 Å². The number of benzene rings is 2. The number of fused-ring (bicyclic) bond motifs is 1. The van der Waals surface area contributed by atoms with E-state index in [4.69, 9.17) is 37.4 Å². The Morgan fingerprint density at radius 1 is 1.09 bits per heavy atom. The van der Waals surface area contributed by atoms with E-state index in [0.29, 0.717) is 37.1 Å². The molecule has 5 rings (SSSR count). The van der Waals surface area contributed by atoms with Crippen molar-refractivity contribution in [3.63, 3.8) is 0 Å². The molecule has 2 aromatic heterocycles. The topological polar surface area (TPSA) is 110 Å². The molecule has 0 bridgehead atoms. The molecule has 1 fully saturated rings. The van der Waals surface area contributed by atoms with Gasteiger partial charge in [0.25, 0.3) is 0 Å². The van der Waals surface area contributed by atoms with Gasteiger partial charge in [0.05, 0.1) is 39.8 Å². The van der Waals surface area contributed by atoms with Crippen LogP contribution in [0.2, 0.25) is 10.2 Å². The highest BCUT2D eigenvalue weighted by Gasteiger charge is 2.27. The Morgan fingerprint density at radius 3 is 2.50 bits per heavy atom. The fraction of sp³-hybridized carbons (Fsp3) is 0.333. The average Bonchev–Trinajstić information content (AvgIpc) is 3.00. The number of carbonyl (C=O) groups is 1. The molecule has 0 unspecified atom stereocenters. The number of rotatable bonds is 8. The Balaban J connectivity index is 1.29. The Bertz CT molecular complexity index is 1800. The minimum Gasteiger partial charge on any atom is -0.490 e. The summed E-state index contributed by atoms with van der Waals surface area (Å²) in [7, 11) is 0. The number of nitrogens with one attached hydrogen (secondary N) is 1. The van der Waals surface area contributed by atoms with E-state index in [9.17, 15) is 10.1 Å². The lowest BCUT2D eigenvalue weighted by atomic mass is 9.98. The number of halogens is 4. The molecule has 1 amide bonds. The SMILES string of the molecule is CC(C)(C)OC(=O)N1CCC(COc2cc3ncc(C#N)c(Nc4cc(F)c(OCc5cccc(Cl)n5)cc4Cl)c3cc2F)CC1. The Kier molecular flexibility index (Phi) is 9.99. The fourth-order valence-corrected chi connectivity index (χ4v) is 5.27. The second-order valence-electron chi connectivity index (χ2n) is 11.8. The molecule has 240 valence electrons. The maximum atomic E-state index is 15.4. The molecule has 1 aliphatic rings. The molecule has 0 aliphatic carbocycles. The number of pyridine rings is 2. The van der Waals surface area contributed by atoms with Crippen LogP contribution >= 0.6 is 23.2 Å². The summed E-state index contributed by atoms with van der Waals surface area (Å²) in [6, 6.07) is 12.1. The summed E-state index contributed by atoms with van der Waals surface area (Å²) in [6.45, 7) is 6.72. The smallest absolute Gasteiger partial charge is 0.410 e. The Morgan fingerprint density at radius 2 is 1.80 bits per heavy atom. The molecule has 0 saturated carbocycles. The molecule has 1 aliphatic heterocycles. The summed E-state index contributed by atoms with van der Waals surface area (Å²) in [6.07, 6.45) is 2.35. The van der Waals surface area contributed by atoms with Gasteiger partial charge in [-0.2, -0.15) is 5.26 Å². The monoisotopic (exact) mass is 669 g/mol. The number of amides is 1. The van der Waals surface area contributed by atoms with Crippen LogP contribution in [0.15, 0.2) is 48.7 Å². The van der Waals surface area contributed by atoms with Crippen LogP contribution < -0.4 is 14.8 Å². The van der Waals surface area contributed by atoms with Gasteiger partial charge in [-0.25, -0.2) is 18.6 Å². The van der Waals surface area contributed by atoms with E-state index in [1.54, 1.807) is 23.1 Å². The summed E-state index contributed by atoms with van der Waals surface area (Å²) >= 11 is 12.4. The van der Waals surface area contributed by atoms with Gasteiger partial charge < -0.3 is 24.4 Å². The van der Waals surface area contributed by atoms with Crippen LogP contribution in [-0.4, -0.2) is 46.3 Å². The van der Waals surface area contributed by atoms with Crippen molar-refractivity contribution >= 4 is 51.6 Å². The van der Waals surface area contributed by atoms with E-state index in [1.807, 2.05) is 26.8 Å². The fourth-order valence-electron chi connectivity index (χ4n) is 4.89. The summed E-state index contributed by atoms with van der Waals surface area (Å²) in [5.41, 5.74) is 0.715. The van der Waals surface area contributed by atoms with Gasteiger partial charge in [-0.1, -0.05) is 29.3 Å². The predicted octanol–water partition coefficient (Wildman–Crippen LogP) is 8.43. The number of aromatic nitrogens is 2. The number of carbonyl (C=O) groups excluding carboxylic acids is 1.